The maximum absolute atomic E-state index is 4.60. The minimum absolute atomic E-state index is 0.381. The first-order valence-corrected chi connectivity index (χ1v) is 7.57. The van der Waals surface area contributed by atoms with Crippen LogP contribution in [0.4, 0.5) is 0 Å². The Labute approximate surface area is 104 Å². The molecule has 1 saturated heterocycles. The molecule has 0 aromatic carbocycles. The highest BCUT2D eigenvalue weighted by atomic mass is 32.2. The molecule has 1 N–H and O–H groups in total. The quantitative estimate of drug-likeness (QED) is 0.880. The second kappa shape index (κ2) is 4.37. The Hall–Kier alpha value is -0.550. The first-order chi connectivity index (χ1) is 7.86. The van der Waals surface area contributed by atoms with Gasteiger partial charge >= 0.3 is 0 Å². The fourth-order valence-electron chi connectivity index (χ4n) is 2.38. The lowest BCUT2D eigenvalue weighted by atomic mass is 10.0. The van der Waals surface area contributed by atoms with Crippen LogP contribution in [0, 0.1) is 0 Å². The molecule has 5 heteroatoms. The Balaban J connectivity index is 1.62. The van der Waals surface area contributed by atoms with Crippen LogP contribution >= 0.6 is 23.1 Å². The molecule has 1 aliphatic heterocycles. The van der Waals surface area contributed by atoms with E-state index in [0.717, 1.165) is 16.7 Å². The Morgan fingerprint density at radius 3 is 3.06 bits per heavy atom. The Kier molecular flexibility index (Phi) is 2.90. The van der Waals surface area contributed by atoms with E-state index >= 15 is 0 Å². The molecule has 2 aliphatic rings. The number of amidine groups is 1. The van der Waals surface area contributed by atoms with Gasteiger partial charge < -0.3 is 5.32 Å². The van der Waals surface area contributed by atoms with Gasteiger partial charge in [-0.05, 0) is 12.8 Å². The number of thioether (sulfide) groups is 1. The summed E-state index contributed by atoms with van der Waals surface area (Å²) in [4.78, 5) is 8.84. The third-order valence-electron chi connectivity index (χ3n) is 3.26. The standard InChI is InChI=1S/C11H15N3S2/c1-2-4-11(3-1)8-16-10(14-11)13-7-9-12-5-6-15-9/h5-6H,1-4,7-8H2,(H,13,14). The maximum Gasteiger partial charge on any atom is 0.157 e. The fourth-order valence-corrected chi connectivity index (χ4v) is 4.14. The van der Waals surface area contributed by atoms with Crippen molar-refractivity contribution >= 4 is 28.3 Å². The van der Waals surface area contributed by atoms with Crippen molar-refractivity contribution in [3.63, 3.8) is 0 Å². The van der Waals surface area contributed by atoms with Crippen molar-refractivity contribution in [1.82, 2.24) is 10.3 Å². The maximum atomic E-state index is 4.60. The summed E-state index contributed by atoms with van der Waals surface area (Å²) in [6, 6.07) is 0. The monoisotopic (exact) mass is 253 g/mol. The topological polar surface area (TPSA) is 37.3 Å². The van der Waals surface area contributed by atoms with E-state index in [1.165, 1.54) is 31.4 Å². The molecule has 2 fully saturated rings. The Morgan fingerprint density at radius 2 is 2.31 bits per heavy atom. The third-order valence-corrected chi connectivity index (χ3v) is 5.23. The number of nitrogens with zero attached hydrogens (tertiary/aromatic N) is 2. The zero-order chi connectivity index (χ0) is 10.8. The van der Waals surface area contributed by atoms with Gasteiger partial charge in [-0.3, -0.25) is 4.99 Å². The average molecular weight is 253 g/mol. The van der Waals surface area contributed by atoms with Gasteiger partial charge in [-0.15, -0.1) is 11.3 Å². The summed E-state index contributed by atoms with van der Waals surface area (Å²) in [7, 11) is 0. The van der Waals surface area contributed by atoms with Crippen molar-refractivity contribution in [2.75, 3.05) is 5.75 Å². The van der Waals surface area contributed by atoms with Crippen molar-refractivity contribution < 1.29 is 0 Å². The first kappa shape index (κ1) is 10.6. The van der Waals surface area contributed by atoms with Crippen LogP contribution in [0.15, 0.2) is 16.6 Å². The van der Waals surface area contributed by atoms with E-state index in [1.807, 2.05) is 23.3 Å². The summed E-state index contributed by atoms with van der Waals surface area (Å²) >= 11 is 3.55. The average Bonchev–Trinajstić information content (AvgIpc) is 3.01. The normalized spacial score (nSPS) is 25.4. The van der Waals surface area contributed by atoms with Crippen molar-refractivity contribution in [1.29, 1.82) is 0 Å². The van der Waals surface area contributed by atoms with Crippen LogP contribution in [-0.4, -0.2) is 21.4 Å². The molecule has 1 aliphatic carbocycles. The van der Waals surface area contributed by atoms with Crippen LogP contribution in [0.1, 0.15) is 30.7 Å². The molecular weight excluding hydrogens is 238 g/mol. The number of hydrogen-bond donors (Lipinski definition) is 1. The second-order valence-electron chi connectivity index (χ2n) is 4.45. The summed E-state index contributed by atoms with van der Waals surface area (Å²) in [6.07, 6.45) is 7.21. The number of rotatable bonds is 2. The van der Waals surface area contributed by atoms with Crippen molar-refractivity contribution in [2.45, 2.75) is 37.8 Å². The van der Waals surface area contributed by atoms with Crippen LogP contribution in [0.2, 0.25) is 0 Å². The van der Waals surface area contributed by atoms with Crippen LogP contribution < -0.4 is 5.32 Å². The third kappa shape index (κ3) is 2.11. The Morgan fingerprint density at radius 1 is 1.44 bits per heavy atom. The van der Waals surface area contributed by atoms with Crippen LogP contribution in [-0.2, 0) is 6.54 Å². The highest BCUT2D eigenvalue weighted by Crippen LogP contribution is 2.37. The SMILES string of the molecule is c1csc(CN=C2NC3(CCCC3)CS2)n1. The van der Waals surface area contributed by atoms with Gasteiger partial charge in [0.15, 0.2) is 5.17 Å². The summed E-state index contributed by atoms with van der Waals surface area (Å²) in [5, 5.41) is 7.84. The zero-order valence-electron chi connectivity index (χ0n) is 9.11. The predicted octanol–water partition coefficient (Wildman–Crippen LogP) is 2.65. The van der Waals surface area contributed by atoms with Gasteiger partial charge in [-0.25, -0.2) is 4.98 Å². The van der Waals surface area contributed by atoms with E-state index < -0.39 is 0 Å². The molecule has 86 valence electrons. The molecule has 3 nitrogen and oxygen atoms in total. The van der Waals surface area contributed by atoms with Gasteiger partial charge in [0.2, 0.25) is 0 Å². The molecule has 0 unspecified atom stereocenters. The minimum atomic E-state index is 0.381. The molecule has 3 rings (SSSR count). The number of nitrogens with one attached hydrogen (secondary N) is 1. The molecule has 0 bridgehead atoms. The van der Waals surface area contributed by atoms with Crippen molar-refractivity contribution in [2.24, 2.45) is 4.99 Å². The lowest BCUT2D eigenvalue weighted by Gasteiger charge is -2.21. The van der Waals surface area contributed by atoms with Gasteiger partial charge in [0.05, 0.1) is 6.54 Å². The van der Waals surface area contributed by atoms with E-state index in [-0.39, 0.29) is 0 Å². The summed E-state index contributed by atoms with van der Waals surface area (Å²) in [5.74, 6) is 1.20. The van der Waals surface area contributed by atoms with Gasteiger partial charge in [0, 0.05) is 22.9 Å². The van der Waals surface area contributed by atoms with Crippen molar-refractivity contribution in [3.05, 3.63) is 16.6 Å². The van der Waals surface area contributed by atoms with Gasteiger partial charge in [0.25, 0.3) is 0 Å². The molecule has 16 heavy (non-hydrogen) atoms. The van der Waals surface area contributed by atoms with E-state index in [4.69, 9.17) is 0 Å². The fraction of sp³-hybridized carbons (Fsp3) is 0.636. The summed E-state index contributed by atoms with van der Waals surface area (Å²) in [5.41, 5.74) is 0.381. The van der Waals surface area contributed by atoms with E-state index in [9.17, 15) is 0 Å². The molecule has 0 atom stereocenters. The number of hydrogen-bond acceptors (Lipinski definition) is 4. The van der Waals surface area contributed by atoms with E-state index in [0.29, 0.717) is 5.54 Å². The number of aliphatic imine (C=N–C) groups is 1. The van der Waals surface area contributed by atoms with Crippen molar-refractivity contribution in [3.8, 4) is 0 Å². The molecule has 1 saturated carbocycles. The molecule has 0 amide bonds. The van der Waals surface area contributed by atoms with Gasteiger partial charge in [0.1, 0.15) is 5.01 Å². The zero-order valence-corrected chi connectivity index (χ0v) is 10.7. The molecule has 2 heterocycles. The highest BCUT2D eigenvalue weighted by Gasteiger charge is 2.39. The lowest BCUT2D eigenvalue weighted by molar-refractivity contribution is 0.452. The van der Waals surface area contributed by atoms with Crippen LogP contribution in [0.5, 0.6) is 0 Å². The smallest absolute Gasteiger partial charge is 0.157 e. The molecular formula is C11H15N3S2. The van der Waals surface area contributed by atoms with Gasteiger partial charge in [-0.2, -0.15) is 0 Å². The van der Waals surface area contributed by atoms with Crippen LogP contribution in [0.3, 0.4) is 0 Å². The number of thiazole rings is 1. The highest BCUT2D eigenvalue weighted by molar-refractivity contribution is 8.14. The number of aromatic nitrogens is 1. The first-order valence-electron chi connectivity index (χ1n) is 5.70. The Bertz CT molecular complexity index is 380. The molecule has 1 aromatic rings. The summed E-state index contributed by atoms with van der Waals surface area (Å²) < 4.78 is 0. The second-order valence-corrected chi connectivity index (χ2v) is 6.39. The largest absolute Gasteiger partial charge is 0.359 e. The minimum Gasteiger partial charge on any atom is -0.359 e. The predicted molar refractivity (Wildman–Crippen MR) is 70.0 cm³/mol. The van der Waals surface area contributed by atoms with Crippen LogP contribution in [0.25, 0.3) is 0 Å². The molecule has 1 aromatic heterocycles. The molecule has 0 radical (unpaired) electrons. The summed E-state index contributed by atoms with van der Waals surface area (Å²) in [6.45, 7) is 0.725. The lowest BCUT2D eigenvalue weighted by Crippen LogP contribution is -2.40. The van der Waals surface area contributed by atoms with E-state index in [2.05, 4.69) is 15.3 Å². The molecule has 1 spiro atoms. The van der Waals surface area contributed by atoms with Gasteiger partial charge in [-0.1, -0.05) is 24.6 Å². The van der Waals surface area contributed by atoms with E-state index in [1.54, 1.807) is 11.3 Å².